The van der Waals surface area contributed by atoms with E-state index >= 15 is 0 Å². The van der Waals surface area contributed by atoms with Gasteiger partial charge in [0.05, 0.1) is 5.56 Å². The van der Waals surface area contributed by atoms with E-state index in [-0.39, 0.29) is 16.7 Å². The summed E-state index contributed by atoms with van der Waals surface area (Å²) in [7, 11) is 0. The third-order valence-corrected chi connectivity index (χ3v) is 1.91. The quantitative estimate of drug-likeness (QED) is 0.397. The van der Waals surface area contributed by atoms with Crippen molar-refractivity contribution in [1.29, 1.82) is 0 Å². The van der Waals surface area contributed by atoms with Crippen LogP contribution >= 0.6 is 0 Å². The molecular weight excluding hydrogens is 188 g/mol. The molecule has 70 valence electrons. The van der Waals surface area contributed by atoms with Crippen LogP contribution in [0.15, 0.2) is 18.2 Å². The van der Waals surface area contributed by atoms with Crippen LogP contribution in [0.1, 0.15) is 26.3 Å². The normalized spacial score (nSPS) is 13.7. The van der Waals surface area contributed by atoms with Gasteiger partial charge in [0.25, 0.3) is 0 Å². The number of rotatable bonds is 1. The van der Waals surface area contributed by atoms with E-state index < -0.39 is 17.9 Å². The molecule has 0 saturated carbocycles. The lowest BCUT2D eigenvalue weighted by molar-refractivity contribution is 0.0692. The van der Waals surface area contributed by atoms with Crippen LogP contribution in [-0.4, -0.2) is 27.8 Å². The largest absolute Gasteiger partial charge is 0.527 e. The fraction of sp³-hybridized carbons (Fsp3) is 0. The third-order valence-electron chi connectivity index (χ3n) is 1.91. The molecule has 0 fully saturated rings. The lowest BCUT2D eigenvalue weighted by atomic mass is 10.1. The number of carboxylic acid groups (broad SMARTS) is 1. The van der Waals surface area contributed by atoms with Crippen LogP contribution in [0.2, 0.25) is 0 Å². The molecule has 1 aromatic carbocycles. The predicted octanol–water partition coefficient (Wildman–Crippen LogP) is 0.406. The van der Waals surface area contributed by atoms with Crippen molar-refractivity contribution in [1.82, 2.24) is 0 Å². The molecule has 0 spiro atoms. The summed E-state index contributed by atoms with van der Waals surface area (Å²) in [4.78, 5) is 30.7. The van der Waals surface area contributed by atoms with Gasteiger partial charge in [-0.3, -0.25) is 0 Å². The molecule has 0 unspecified atom stereocenters. The summed E-state index contributed by atoms with van der Waals surface area (Å²) < 4.78 is 4.41. The van der Waals surface area contributed by atoms with Crippen LogP contribution in [0.3, 0.4) is 0 Å². The highest BCUT2D eigenvalue weighted by Crippen LogP contribution is 2.20. The fourth-order valence-electron chi connectivity index (χ4n) is 1.23. The molecule has 1 aromatic rings. The first kappa shape index (κ1) is 8.43. The van der Waals surface area contributed by atoms with Gasteiger partial charge in [-0.25, -0.2) is 14.3 Å². The Morgan fingerprint density at radius 2 is 2.07 bits per heavy atom. The van der Waals surface area contributed by atoms with Crippen molar-refractivity contribution in [3.8, 4) is 0 Å². The Bertz CT molecular complexity index is 460. The van der Waals surface area contributed by atoms with Gasteiger partial charge < -0.3 is 9.90 Å². The van der Waals surface area contributed by atoms with Crippen molar-refractivity contribution in [2.45, 2.75) is 0 Å². The van der Waals surface area contributed by atoms with Gasteiger partial charge in [-0.1, -0.05) is 0 Å². The predicted molar refractivity (Wildman–Crippen MR) is 44.9 cm³/mol. The Kier molecular flexibility index (Phi) is 1.60. The standard InChI is InChI=1S/C9H4O5/c10-7(11)4-1-2-5-6(3-4)9(13)14-8(5)12/h1-3H,(H,10,11)/p+1. The maximum absolute atomic E-state index is 11.0. The van der Waals surface area contributed by atoms with Crippen molar-refractivity contribution >= 4 is 17.9 Å². The number of carbonyl (C=O) groups is 2. The first-order valence-electron chi connectivity index (χ1n) is 3.75. The molecule has 1 aliphatic heterocycles. The number of hydrogen-bond acceptors (Lipinski definition) is 3. The van der Waals surface area contributed by atoms with E-state index in [2.05, 4.69) is 4.74 Å². The summed E-state index contributed by atoms with van der Waals surface area (Å²) in [6, 6.07) is 3.78. The lowest BCUT2D eigenvalue weighted by Crippen LogP contribution is -2.01. The second-order valence-corrected chi connectivity index (χ2v) is 2.76. The minimum Gasteiger partial charge on any atom is -0.478 e. The van der Waals surface area contributed by atoms with Crippen molar-refractivity contribution in [2.75, 3.05) is 0 Å². The van der Waals surface area contributed by atoms with E-state index in [0.29, 0.717) is 0 Å². The van der Waals surface area contributed by atoms with Gasteiger partial charge in [-0.15, -0.1) is 0 Å². The lowest BCUT2D eigenvalue weighted by Gasteiger charge is -1.92. The van der Waals surface area contributed by atoms with E-state index in [9.17, 15) is 9.59 Å². The minimum absolute atomic E-state index is 0.00593. The highest BCUT2D eigenvalue weighted by atomic mass is 16.6. The maximum Gasteiger partial charge on any atom is 0.527 e. The monoisotopic (exact) mass is 193 g/mol. The van der Waals surface area contributed by atoms with Gasteiger partial charge in [0.1, 0.15) is 11.1 Å². The molecule has 1 aliphatic rings. The van der Waals surface area contributed by atoms with Crippen molar-refractivity contribution < 1.29 is 24.2 Å². The first-order chi connectivity index (χ1) is 6.59. The first-order valence-corrected chi connectivity index (χ1v) is 3.75. The zero-order chi connectivity index (χ0) is 10.3. The summed E-state index contributed by atoms with van der Waals surface area (Å²) in [5, 5.41) is 8.65. The van der Waals surface area contributed by atoms with Crippen LogP contribution in [0.4, 0.5) is 0 Å². The van der Waals surface area contributed by atoms with Crippen molar-refractivity contribution in [3.63, 3.8) is 0 Å². The summed E-state index contributed by atoms with van der Waals surface area (Å²) in [5.74, 6) is -2.34. The Labute approximate surface area is 77.9 Å². The second kappa shape index (κ2) is 2.66. The number of hydrogen-bond donors (Lipinski definition) is 1. The molecule has 0 atom stereocenters. The Morgan fingerprint density at radius 1 is 1.36 bits per heavy atom. The molecule has 5 nitrogen and oxygen atoms in total. The molecule has 1 heterocycles. The second-order valence-electron chi connectivity index (χ2n) is 2.76. The van der Waals surface area contributed by atoms with Crippen LogP contribution in [0.5, 0.6) is 0 Å². The Balaban J connectivity index is 2.61. The highest BCUT2D eigenvalue weighted by molar-refractivity contribution is 6.15. The van der Waals surface area contributed by atoms with Crippen molar-refractivity contribution in [2.24, 2.45) is 0 Å². The van der Waals surface area contributed by atoms with E-state index in [1.807, 2.05) is 0 Å². The van der Waals surface area contributed by atoms with Crippen LogP contribution in [-0.2, 0) is 4.74 Å². The molecule has 0 saturated heterocycles. The zero-order valence-corrected chi connectivity index (χ0v) is 6.85. The van der Waals surface area contributed by atoms with Gasteiger partial charge in [0.2, 0.25) is 0 Å². The molecule has 0 bridgehead atoms. The number of esters is 2. The van der Waals surface area contributed by atoms with Crippen molar-refractivity contribution in [3.05, 3.63) is 34.9 Å². The summed E-state index contributed by atoms with van der Waals surface area (Å²) >= 11 is 0. The number of cyclic esters (lactones) is 2. The molecular formula is C9H5O5+. The van der Waals surface area contributed by atoms with Crippen LogP contribution < -0.4 is 0 Å². The molecule has 2 rings (SSSR count). The average molecular weight is 193 g/mol. The van der Waals surface area contributed by atoms with E-state index in [1.54, 1.807) is 0 Å². The average Bonchev–Trinajstić information content (AvgIpc) is 2.42. The SMILES string of the molecule is O=C(O)c1ccc2c(c1)C(=[OH+])OC2=O. The minimum atomic E-state index is -1.13. The summed E-state index contributed by atoms with van der Waals surface area (Å²) in [5.41, 5.74) is 0.288. The van der Waals surface area contributed by atoms with E-state index in [4.69, 9.17) is 9.90 Å². The van der Waals surface area contributed by atoms with Crippen LogP contribution in [0.25, 0.3) is 0 Å². The van der Waals surface area contributed by atoms with Gasteiger partial charge in [0.15, 0.2) is 0 Å². The number of carboxylic acids is 1. The van der Waals surface area contributed by atoms with Gasteiger partial charge in [0, 0.05) is 0 Å². The summed E-state index contributed by atoms with van der Waals surface area (Å²) in [6.07, 6.45) is 0. The van der Waals surface area contributed by atoms with Crippen LogP contribution in [0, 0.1) is 0 Å². The molecule has 0 aliphatic carbocycles. The smallest absolute Gasteiger partial charge is 0.478 e. The molecule has 0 amide bonds. The fourth-order valence-corrected chi connectivity index (χ4v) is 1.23. The third kappa shape index (κ3) is 1.06. The number of benzene rings is 1. The Morgan fingerprint density at radius 3 is 2.71 bits per heavy atom. The van der Waals surface area contributed by atoms with Gasteiger partial charge >= 0.3 is 17.9 Å². The number of carbonyl (C=O) groups excluding carboxylic acids is 2. The molecule has 14 heavy (non-hydrogen) atoms. The number of fused-ring (bicyclic) bond motifs is 1. The van der Waals surface area contributed by atoms with E-state index in [0.717, 1.165) is 0 Å². The molecule has 2 N–H and O–H groups in total. The van der Waals surface area contributed by atoms with E-state index in [1.165, 1.54) is 18.2 Å². The van der Waals surface area contributed by atoms with Gasteiger partial charge in [-0.2, -0.15) is 0 Å². The molecule has 0 aromatic heterocycles. The van der Waals surface area contributed by atoms with Gasteiger partial charge in [-0.05, 0) is 18.2 Å². The molecule has 5 heteroatoms. The summed E-state index contributed by atoms with van der Waals surface area (Å²) in [6.45, 7) is 0. The zero-order valence-electron chi connectivity index (χ0n) is 6.85. The molecule has 0 radical (unpaired) electrons. The number of ether oxygens (including phenoxy) is 1. The highest BCUT2D eigenvalue weighted by Gasteiger charge is 2.39. The Hall–Kier alpha value is -2.17. The maximum atomic E-state index is 11.0. The number of aromatic carboxylic acids is 1. The topological polar surface area (TPSA) is 85.0 Å².